The maximum atomic E-state index is 9.13. The Morgan fingerprint density at radius 3 is 2.60 bits per heavy atom. The van der Waals surface area contributed by atoms with Crippen LogP contribution in [0.3, 0.4) is 0 Å². The Hall–Kier alpha value is -2.30. The Labute approximate surface area is 126 Å². The van der Waals surface area contributed by atoms with E-state index in [2.05, 4.69) is 33.4 Å². The molecule has 1 unspecified atom stereocenters. The van der Waals surface area contributed by atoms with Gasteiger partial charge in [0, 0.05) is 10.5 Å². The largest absolute Gasteiger partial charge is 0.377 e. The highest BCUT2D eigenvalue weighted by Crippen LogP contribution is 2.25. The summed E-state index contributed by atoms with van der Waals surface area (Å²) in [7, 11) is 0. The molecule has 0 fully saturated rings. The first-order valence-electron chi connectivity index (χ1n) is 6.10. The number of hydrogen-bond donors (Lipinski definition) is 1. The topological polar surface area (TPSA) is 59.6 Å². The van der Waals surface area contributed by atoms with Gasteiger partial charge in [0.05, 0.1) is 22.9 Å². The van der Waals surface area contributed by atoms with Gasteiger partial charge in [0.15, 0.2) is 0 Å². The van der Waals surface area contributed by atoms with Crippen LogP contribution in [0.4, 0.5) is 5.69 Å². The summed E-state index contributed by atoms with van der Waals surface area (Å²) in [5.74, 6) is 0. The van der Waals surface area contributed by atoms with Crippen LogP contribution in [0.1, 0.15) is 29.7 Å². The molecule has 0 saturated carbocycles. The zero-order valence-corrected chi connectivity index (χ0v) is 12.5. The molecule has 0 bridgehead atoms. The fourth-order valence-corrected chi connectivity index (χ4v) is 2.29. The number of rotatable bonds is 3. The smallest absolute Gasteiger partial charge is 0.101 e. The van der Waals surface area contributed by atoms with Crippen LogP contribution in [-0.4, -0.2) is 0 Å². The Balaban J connectivity index is 2.28. The summed E-state index contributed by atoms with van der Waals surface area (Å²) in [6, 6.07) is 17.2. The molecule has 3 nitrogen and oxygen atoms in total. The highest BCUT2D eigenvalue weighted by Gasteiger charge is 2.09. The highest BCUT2D eigenvalue weighted by atomic mass is 79.9. The molecule has 20 heavy (non-hydrogen) atoms. The fraction of sp³-hybridized carbons (Fsp3) is 0.125. The van der Waals surface area contributed by atoms with Gasteiger partial charge in [-0.15, -0.1) is 0 Å². The van der Waals surface area contributed by atoms with Gasteiger partial charge >= 0.3 is 0 Å². The molecule has 0 saturated heterocycles. The van der Waals surface area contributed by atoms with E-state index < -0.39 is 0 Å². The van der Waals surface area contributed by atoms with E-state index in [1.807, 2.05) is 37.3 Å². The van der Waals surface area contributed by atoms with Crippen molar-refractivity contribution < 1.29 is 0 Å². The second-order valence-corrected chi connectivity index (χ2v) is 5.32. The lowest BCUT2D eigenvalue weighted by molar-refractivity contribution is 0.883. The van der Waals surface area contributed by atoms with Gasteiger partial charge in [0.2, 0.25) is 0 Å². The van der Waals surface area contributed by atoms with Gasteiger partial charge < -0.3 is 5.32 Å². The average molecular weight is 326 g/mol. The van der Waals surface area contributed by atoms with Crippen LogP contribution in [0.5, 0.6) is 0 Å². The van der Waals surface area contributed by atoms with Gasteiger partial charge in [-0.3, -0.25) is 0 Å². The zero-order chi connectivity index (χ0) is 14.5. The van der Waals surface area contributed by atoms with Crippen LogP contribution >= 0.6 is 15.9 Å². The van der Waals surface area contributed by atoms with Gasteiger partial charge in [-0.25, -0.2) is 0 Å². The number of nitrogens with one attached hydrogen (secondary N) is 1. The highest BCUT2D eigenvalue weighted by molar-refractivity contribution is 9.10. The first-order valence-corrected chi connectivity index (χ1v) is 6.89. The molecule has 98 valence electrons. The van der Waals surface area contributed by atoms with Crippen LogP contribution in [-0.2, 0) is 0 Å². The van der Waals surface area contributed by atoms with Gasteiger partial charge in [-0.1, -0.05) is 28.1 Å². The van der Waals surface area contributed by atoms with E-state index in [1.165, 1.54) is 0 Å². The molecule has 0 aromatic heterocycles. The van der Waals surface area contributed by atoms with Crippen molar-refractivity contribution in [2.24, 2.45) is 0 Å². The minimum atomic E-state index is 0.00435. The average Bonchev–Trinajstić information content (AvgIpc) is 2.47. The fourth-order valence-electron chi connectivity index (χ4n) is 1.93. The molecule has 0 heterocycles. The molecule has 2 rings (SSSR count). The number of nitrogens with zero attached hydrogens (tertiary/aromatic N) is 2. The molecule has 0 aliphatic rings. The molecule has 0 amide bonds. The number of benzene rings is 2. The van der Waals surface area contributed by atoms with E-state index in [1.54, 1.807) is 12.1 Å². The molecular formula is C16H12BrN3. The summed E-state index contributed by atoms with van der Waals surface area (Å²) in [5, 5.41) is 21.4. The van der Waals surface area contributed by atoms with Crippen molar-refractivity contribution >= 4 is 21.6 Å². The van der Waals surface area contributed by atoms with Gasteiger partial charge in [-0.05, 0) is 42.8 Å². The normalized spacial score (nSPS) is 11.2. The Morgan fingerprint density at radius 1 is 1.10 bits per heavy atom. The third-order valence-corrected chi connectivity index (χ3v) is 3.48. The van der Waals surface area contributed by atoms with Crippen LogP contribution in [0, 0.1) is 22.7 Å². The first kappa shape index (κ1) is 14.1. The summed E-state index contributed by atoms with van der Waals surface area (Å²) in [6.07, 6.45) is 0. The Bertz CT molecular complexity index is 710. The van der Waals surface area contributed by atoms with Crippen LogP contribution in [0.25, 0.3) is 0 Å². The van der Waals surface area contributed by atoms with Gasteiger partial charge in [0.25, 0.3) is 0 Å². The van der Waals surface area contributed by atoms with Crippen molar-refractivity contribution in [1.29, 1.82) is 10.5 Å². The van der Waals surface area contributed by atoms with E-state index in [-0.39, 0.29) is 6.04 Å². The maximum Gasteiger partial charge on any atom is 0.101 e. The van der Waals surface area contributed by atoms with E-state index in [0.29, 0.717) is 11.1 Å². The molecule has 2 aromatic carbocycles. The predicted octanol–water partition coefficient (Wildman–Crippen LogP) is 4.37. The lowest BCUT2D eigenvalue weighted by atomic mass is 10.0. The van der Waals surface area contributed by atoms with Crippen LogP contribution < -0.4 is 5.32 Å². The zero-order valence-electron chi connectivity index (χ0n) is 10.9. The summed E-state index contributed by atoms with van der Waals surface area (Å²) in [5.41, 5.74) is 3.01. The van der Waals surface area contributed by atoms with Crippen LogP contribution in [0.15, 0.2) is 46.9 Å². The van der Waals surface area contributed by atoms with E-state index >= 15 is 0 Å². The summed E-state index contributed by atoms with van der Waals surface area (Å²) in [4.78, 5) is 0. The summed E-state index contributed by atoms with van der Waals surface area (Å²) < 4.78 is 0.914. The van der Waals surface area contributed by atoms with Crippen molar-refractivity contribution in [3.05, 3.63) is 63.6 Å². The summed E-state index contributed by atoms with van der Waals surface area (Å²) in [6.45, 7) is 2.00. The number of anilines is 1. The van der Waals surface area contributed by atoms with E-state index in [9.17, 15) is 0 Å². The van der Waals surface area contributed by atoms with E-state index in [4.69, 9.17) is 10.5 Å². The maximum absolute atomic E-state index is 9.13. The number of hydrogen-bond acceptors (Lipinski definition) is 3. The molecule has 0 aliphatic heterocycles. The second-order valence-electron chi connectivity index (χ2n) is 4.41. The molecule has 1 N–H and O–H groups in total. The number of nitriles is 2. The van der Waals surface area contributed by atoms with Crippen molar-refractivity contribution in [2.75, 3.05) is 5.32 Å². The van der Waals surface area contributed by atoms with Crippen molar-refractivity contribution in [2.45, 2.75) is 13.0 Å². The SMILES string of the molecule is CC(Nc1cc(Br)ccc1C#N)c1cccc(C#N)c1. The standard InChI is InChI=1S/C16H12BrN3/c1-11(13-4-2-3-12(7-13)9-18)20-16-8-15(17)6-5-14(16)10-19/h2-8,11,20H,1H3. The molecule has 0 aliphatic carbocycles. The Kier molecular flexibility index (Phi) is 4.40. The predicted molar refractivity (Wildman–Crippen MR) is 82.1 cm³/mol. The monoisotopic (exact) mass is 325 g/mol. The third-order valence-electron chi connectivity index (χ3n) is 2.99. The Morgan fingerprint density at radius 2 is 1.90 bits per heavy atom. The minimum Gasteiger partial charge on any atom is -0.377 e. The van der Waals surface area contributed by atoms with Gasteiger partial charge in [0.1, 0.15) is 6.07 Å². The molecular weight excluding hydrogens is 314 g/mol. The number of halogens is 1. The molecule has 0 spiro atoms. The molecule has 4 heteroatoms. The first-order chi connectivity index (χ1) is 9.63. The molecule has 2 aromatic rings. The summed E-state index contributed by atoms with van der Waals surface area (Å²) >= 11 is 3.40. The minimum absolute atomic E-state index is 0.00435. The van der Waals surface area contributed by atoms with Crippen molar-refractivity contribution in [1.82, 2.24) is 0 Å². The second kappa shape index (κ2) is 6.23. The van der Waals surface area contributed by atoms with Crippen molar-refractivity contribution in [3.63, 3.8) is 0 Å². The third kappa shape index (κ3) is 3.17. The van der Waals surface area contributed by atoms with E-state index in [0.717, 1.165) is 15.7 Å². The quantitative estimate of drug-likeness (QED) is 0.911. The molecule has 1 atom stereocenters. The van der Waals surface area contributed by atoms with Crippen molar-refractivity contribution in [3.8, 4) is 12.1 Å². The molecule has 0 radical (unpaired) electrons. The van der Waals surface area contributed by atoms with Gasteiger partial charge in [-0.2, -0.15) is 10.5 Å². The van der Waals surface area contributed by atoms with Crippen LogP contribution in [0.2, 0.25) is 0 Å². The lowest BCUT2D eigenvalue weighted by Gasteiger charge is -2.17. The lowest BCUT2D eigenvalue weighted by Crippen LogP contribution is -2.08.